The van der Waals surface area contributed by atoms with Crippen molar-refractivity contribution in [1.29, 1.82) is 0 Å². The monoisotopic (exact) mass is 383 g/mol. The van der Waals surface area contributed by atoms with Crippen molar-refractivity contribution < 1.29 is 9.59 Å². The predicted molar refractivity (Wildman–Crippen MR) is 105 cm³/mol. The van der Waals surface area contributed by atoms with Crippen molar-refractivity contribution >= 4 is 33.4 Å². The first-order valence-corrected chi connectivity index (χ1v) is 10.9. The largest absolute Gasteiger partial charge is 0.342 e. The van der Waals surface area contributed by atoms with E-state index in [-0.39, 0.29) is 5.91 Å². The number of hydrogen-bond donors (Lipinski definition) is 0. The lowest BCUT2D eigenvalue weighted by Crippen LogP contribution is -2.61. The predicted octanol–water partition coefficient (Wildman–Crippen LogP) is 3.09. The van der Waals surface area contributed by atoms with Crippen molar-refractivity contribution in [3.05, 3.63) is 29.3 Å². The molecule has 0 N–H and O–H groups in total. The number of carbonyl (C=O) groups excluding carboxylic acids is 2. The summed E-state index contributed by atoms with van der Waals surface area (Å²) in [5.74, 6) is 1.50. The maximum absolute atomic E-state index is 12.9. The highest BCUT2D eigenvalue weighted by atomic mass is 32.1. The molecule has 6 heteroatoms. The second kappa shape index (κ2) is 6.89. The maximum atomic E-state index is 12.9. The Morgan fingerprint density at radius 3 is 3.00 bits per heavy atom. The number of aryl methyl sites for hydroxylation is 1. The van der Waals surface area contributed by atoms with Crippen molar-refractivity contribution in [2.24, 2.45) is 11.8 Å². The van der Waals surface area contributed by atoms with Crippen molar-refractivity contribution in [3.8, 4) is 0 Å². The molecule has 0 saturated carbocycles. The van der Waals surface area contributed by atoms with Gasteiger partial charge in [-0.2, -0.15) is 0 Å². The van der Waals surface area contributed by atoms with Crippen LogP contribution in [0, 0.1) is 11.8 Å². The molecule has 142 valence electrons. The minimum Gasteiger partial charge on any atom is -0.342 e. The standard InChI is InChI=1S/C21H25N3O2S/c25-20(9-8-19-22-16-4-1-2-6-18(16)27-19)23-11-14-10-15(13-23)17-5-3-7-21(26)24(17)12-14/h1-2,4,6,14-15,17H,3,5,7-13H2/t14?,15?,17-/m1/s1. The van der Waals surface area contributed by atoms with Gasteiger partial charge in [0.25, 0.3) is 0 Å². The molecular weight excluding hydrogens is 358 g/mol. The number of likely N-dealkylation sites (tertiary alicyclic amines) is 1. The van der Waals surface area contributed by atoms with Crippen LogP contribution >= 0.6 is 11.3 Å². The Kier molecular flexibility index (Phi) is 4.38. The molecule has 0 spiro atoms. The van der Waals surface area contributed by atoms with E-state index < -0.39 is 0 Å². The number of carbonyl (C=O) groups is 2. The van der Waals surface area contributed by atoms with E-state index in [4.69, 9.17) is 0 Å². The molecule has 2 bridgehead atoms. The van der Waals surface area contributed by atoms with Gasteiger partial charge in [-0.15, -0.1) is 11.3 Å². The van der Waals surface area contributed by atoms with Crippen LogP contribution in [0.4, 0.5) is 0 Å². The fraction of sp³-hybridized carbons (Fsp3) is 0.571. The molecule has 5 nitrogen and oxygen atoms in total. The third-order valence-electron chi connectivity index (χ3n) is 6.42. The zero-order valence-corrected chi connectivity index (χ0v) is 16.3. The number of amides is 2. The molecule has 1 aromatic heterocycles. The number of rotatable bonds is 3. The van der Waals surface area contributed by atoms with Crippen molar-refractivity contribution in [2.45, 2.75) is 44.6 Å². The Hall–Kier alpha value is -1.95. The van der Waals surface area contributed by atoms with Crippen LogP contribution in [0.2, 0.25) is 0 Å². The quantitative estimate of drug-likeness (QED) is 0.818. The summed E-state index contributed by atoms with van der Waals surface area (Å²) in [5, 5.41) is 1.05. The number of nitrogens with zero attached hydrogens (tertiary/aromatic N) is 3. The molecule has 2 amide bonds. The van der Waals surface area contributed by atoms with E-state index >= 15 is 0 Å². The normalized spacial score (nSPS) is 27.7. The Morgan fingerprint density at radius 2 is 2.11 bits per heavy atom. The lowest BCUT2D eigenvalue weighted by atomic mass is 9.76. The van der Waals surface area contributed by atoms with Crippen molar-refractivity contribution in [1.82, 2.24) is 14.8 Å². The minimum atomic E-state index is 0.250. The van der Waals surface area contributed by atoms with Crippen LogP contribution < -0.4 is 0 Å². The molecule has 3 atom stereocenters. The Bertz CT molecular complexity index is 846. The summed E-state index contributed by atoms with van der Waals surface area (Å²) in [4.78, 5) is 34.0. The zero-order chi connectivity index (χ0) is 18.4. The van der Waals surface area contributed by atoms with E-state index in [0.29, 0.717) is 36.6 Å². The molecule has 0 aliphatic carbocycles. The van der Waals surface area contributed by atoms with Crippen LogP contribution in [0.3, 0.4) is 0 Å². The average Bonchev–Trinajstić information content (AvgIpc) is 3.10. The van der Waals surface area contributed by atoms with Gasteiger partial charge in [0.15, 0.2) is 0 Å². The number of benzene rings is 1. The highest BCUT2D eigenvalue weighted by Crippen LogP contribution is 2.38. The second-order valence-corrected chi connectivity index (χ2v) is 9.36. The number of para-hydroxylation sites is 1. The van der Waals surface area contributed by atoms with Crippen LogP contribution in [-0.2, 0) is 16.0 Å². The molecule has 1 aromatic carbocycles. The highest BCUT2D eigenvalue weighted by Gasteiger charge is 2.44. The van der Waals surface area contributed by atoms with E-state index in [0.717, 1.165) is 49.4 Å². The van der Waals surface area contributed by atoms with Crippen molar-refractivity contribution in [3.63, 3.8) is 0 Å². The number of hydrogen-bond acceptors (Lipinski definition) is 4. The van der Waals surface area contributed by atoms with E-state index in [9.17, 15) is 9.59 Å². The van der Waals surface area contributed by atoms with Crippen molar-refractivity contribution in [2.75, 3.05) is 19.6 Å². The maximum Gasteiger partial charge on any atom is 0.223 e. The topological polar surface area (TPSA) is 53.5 Å². The number of fused-ring (bicyclic) bond motifs is 5. The molecule has 4 heterocycles. The smallest absolute Gasteiger partial charge is 0.223 e. The van der Waals surface area contributed by atoms with Gasteiger partial charge < -0.3 is 9.80 Å². The molecular formula is C21H25N3O2S. The average molecular weight is 384 g/mol. The fourth-order valence-corrected chi connectivity index (χ4v) is 6.18. The van der Waals surface area contributed by atoms with Crippen LogP contribution in [-0.4, -0.2) is 52.3 Å². The van der Waals surface area contributed by atoms with E-state index in [1.165, 1.54) is 11.1 Å². The molecule has 27 heavy (non-hydrogen) atoms. The van der Waals surface area contributed by atoms with E-state index in [2.05, 4.69) is 20.9 Å². The van der Waals surface area contributed by atoms with Crippen LogP contribution in [0.25, 0.3) is 10.2 Å². The number of aromatic nitrogens is 1. The lowest BCUT2D eigenvalue weighted by Gasteiger charge is -2.52. The second-order valence-electron chi connectivity index (χ2n) is 8.24. The molecule has 0 radical (unpaired) electrons. The first-order valence-electron chi connectivity index (χ1n) is 10.1. The summed E-state index contributed by atoms with van der Waals surface area (Å²) < 4.78 is 1.19. The number of piperidine rings is 3. The van der Waals surface area contributed by atoms with Gasteiger partial charge in [-0.1, -0.05) is 12.1 Å². The van der Waals surface area contributed by atoms with Gasteiger partial charge in [0.05, 0.1) is 15.2 Å². The Labute approximate surface area is 163 Å². The molecule has 3 fully saturated rings. The number of thiazole rings is 1. The lowest BCUT2D eigenvalue weighted by molar-refractivity contribution is -0.148. The van der Waals surface area contributed by atoms with Gasteiger partial charge in [-0.3, -0.25) is 9.59 Å². The summed E-state index contributed by atoms with van der Waals surface area (Å²) in [7, 11) is 0. The molecule has 3 saturated heterocycles. The van der Waals surface area contributed by atoms with Gasteiger partial charge in [-0.25, -0.2) is 4.98 Å². The zero-order valence-electron chi connectivity index (χ0n) is 15.5. The summed E-state index contributed by atoms with van der Waals surface area (Å²) in [5.41, 5.74) is 1.03. The molecule has 2 aromatic rings. The van der Waals surface area contributed by atoms with Gasteiger partial charge in [0.2, 0.25) is 11.8 Å². The highest BCUT2D eigenvalue weighted by molar-refractivity contribution is 7.18. The van der Waals surface area contributed by atoms with Crippen LogP contribution in [0.5, 0.6) is 0 Å². The SMILES string of the molecule is O=C(CCc1nc2ccccc2s1)N1CC2CC(C1)[C@H]1CCCC(=O)N1C2. The van der Waals surface area contributed by atoms with E-state index in [1.807, 2.05) is 18.2 Å². The van der Waals surface area contributed by atoms with Crippen LogP contribution in [0.1, 0.15) is 37.1 Å². The molecule has 5 rings (SSSR count). The van der Waals surface area contributed by atoms with E-state index in [1.54, 1.807) is 11.3 Å². The Morgan fingerprint density at radius 1 is 1.22 bits per heavy atom. The Balaban J connectivity index is 1.23. The summed E-state index contributed by atoms with van der Waals surface area (Å²) in [6.45, 7) is 2.48. The first-order chi connectivity index (χ1) is 13.2. The van der Waals surface area contributed by atoms with Gasteiger partial charge in [-0.05, 0) is 43.2 Å². The third-order valence-corrected chi connectivity index (χ3v) is 7.52. The summed E-state index contributed by atoms with van der Waals surface area (Å²) in [6.07, 6.45) is 5.26. The first kappa shape index (κ1) is 17.2. The fourth-order valence-electron chi connectivity index (χ4n) is 5.21. The molecule has 3 aliphatic rings. The van der Waals surface area contributed by atoms with Gasteiger partial charge in [0.1, 0.15) is 0 Å². The summed E-state index contributed by atoms with van der Waals surface area (Å²) in [6, 6.07) is 8.51. The van der Waals surface area contributed by atoms with Gasteiger partial charge >= 0.3 is 0 Å². The third kappa shape index (κ3) is 3.24. The summed E-state index contributed by atoms with van der Waals surface area (Å²) >= 11 is 1.69. The molecule has 2 unspecified atom stereocenters. The van der Waals surface area contributed by atoms with Gasteiger partial charge in [0, 0.05) is 44.9 Å². The van der Waals surface area contributed by atoms with Crippen LogP contribution in [0.15, 0.2) is 24.3 Å². The minimum absolute atomic E-state index is 0.250. The molecule has 3 aliphatic heterocycles.